The first-order valence-corrected chi connectivity index (χ1v) is 10.8. The molecule has 0 atom stereocenters. The Bertz CT molecular complexity index is 1720. The monoisotopic (exact) mass is 468 g/mol. The minimum absolute atomic E-state index is 0.154. The van der Waals surface area contributed by atoms with Crippen LogP contribution in [0.1, 0.15) is 0 Å². The van der Waals surface area contributed by atoms with E-state index in [1.54, 1.807) is 42.9 Å². The summed E-state index contributed by atoms with van der Waals surface area (Å²) >= 11 is 0. The van der Waals surface area contributed by atoms with E-state index >= 15 is 4.39 Å². The van der Waals surface area contributed by atoms with Crippen molar-refractivity contribution in [2.75, 3.05) is 19.0 Å². The van der Waals surface area contributed by atoms with E-state index < -0.39 is 11.6 Å². The lowest BCUT2D eigenvalue weighted by Gasteiger charge is -2.13. The molecule has 0 radical (unpaired) electrons. The number of nitrogens with zero attached hydrogens (tertiary/aromatic N) is 6. The van der Waals surface area contributed by atoms with Gasteiger partial charge in [0.2, 0.25) is 0 Å². The van der Waals surface area contributed by atoms with Crippen molar-refractivity contribution in [3.05, 3.63) is 72.8 Å². The molecule has 0 amide bonds. The average Bonchev–Trinajstić information content (AvgIpc) is 3.49. The Balaban J connectivity index is 1.53. The van der Waals surface area contributed by atoms with Crippen LogP contribution in [0, 0.1) is 11.6 Å². The van der Waals surface area contributed by atoms with Crippen LogP contribution < -0.4 is 4.90 Å². The summed E-state index contributed by atoms with van der Waals surface area (Å²) in [6.07, 6.45) is 6.36. The van der Waals surface area contributed by atoms with Gasteiger partial charge in [-0.25, -0.2) is 13.8 Å². The second-order valence-electron chi connectivity index (χ2n) is 8.23. The summed E-state index contributed by atoms with van der Waals surface area (Å²) in [5.41, 5.74) is 4.02. The summed E-state index contributed by atoms with van der Waals surface area (Å²) in [6, 6.07) is 9.91. The highest BCUT2D eigenvalue weighted by molar-refractivity contribution is 5.97. The molecule has 5 aromatic heterocycles. The minimum Gasteiger partial charge on any atom is -0.376 e. The van der Waals surface area contributed by atoms with Crippen LogP contribution >= 0.6 is 0 Å². The summed E-state index contributed by atoms with van der Waals surface area (Å²) in [6.45, 7) is 0. The Morgan fingerprint density at radius 2 is 1.74 bits per heavy atom. The molecule has 0 saturated heterocycles. The molecule has 1 aromatic carbocycles. The fourth-order valence-corrected chi connectivity index (χ4v) is 4.05. The van der Waals surface area contributed by atoms with Crippen LogP contribution in [0.5, 0.6) is 0 Å². The number of benzene rings is 1. The predicted octanol–water partition coefficient (Wildman–Crippen LogP) is 4.97. The van der Waals surface area contributed by atoms with Gasteiger partial charge in [0.15, 0.2) is 11.6 Å². The number of H-pyrrole nitrogens is 2. The first kappa shape index (κ1) is 20.8. The van der Waals surface area contributed by atoms with Gasteiger partial charge in [0.1, 0.15) is 28.4 Å². The van der Waals surface area contributed by atoms with Crippen LogP contribution in [-0.2, 0) is 0 Å². The maximum absolute atomic E-state index is 15.9. The zero-order valence-corrected chi connectivity index (χ0v) is 18.7. The Labute approximate surface area is 197 Å². The van der Waals surface area contributed by atoms with Gasteiger partial charge >= 0.3 is 0 Å². The number of nitrogens with one attached hydrogen (secondary N) is 2. The highest BCUT2D eigenvalue weighted by atomic mass is 19.1. The largest absolute Gasteiger partial charge is 0.376 e. The van der Waals surface area contributed by atoms with Crippen LogP contribution in [-0.4, -0.2) is 49.2 Å². The second-order valence-corrected chi connectivity index (χ2v) is 8.23. The van der Waals surface area contributed by atoms with E-state index in [0.29, 0.717) is 39.2 Å². The first-order valence-electron chi connectivity index (χ1n) is 10.8. The quantitative estimate of drug-likeness (QED) is 0.379. The van der Waals surface area contributed by atoms with Gasteiger partial charge in [-0.3, -0.25) is 20.1 Å². The van der Waals surface area contributed by atoms with Crippen LogP contribution in [0.15, 0.2) is 61.2 Å². The summed E-state index contributed by atoms with van der Waals surface area (Å²) in [5.74, 6) is -0.623. The molecule has 0 aliphatic carbocycles. The van der Waals surface area contributed by atoms with Crippen molar-refractivity contribution in [2.45, 2.75) is 0 Å². The summed E-state index contributed by atoms with van der Waals surface area (Å²) in [5, 5.41) is 7.37. The highest BCUT2D eigenvalue weighted by Crippen LogP contribution is 2.34. The van der Waals surface area contributed by atoms with Gasteiger partial charge < -0.3 is 9.88 Å². The lowest BCUT2D eigenvalue weighted by atomic mass is 10.1. The molecule has 8 nitrogen and oxygen atoms in total. The molecule has 0 saturated carbocycles. The van der Waals surface area contributed by atoms with Gasteiger partial charge in [-0.1, -0.05) is 12.1 Å². The topological polar surface area (TPSA) is 99.3 Å². The lowest BCUT2D eigenvalue weighted by molar-refractivity contribution is 0.631. The van der Waals surface area contributed by atoms with E-state index in [1.807, 2.05) is 25.1 Å². The van der Waals surface area contributed by atoms with E-state index in [4.69, 9.17) is 0 Å². The standard InChI is InChI=1S/C25H18F2N8/c1-35(2)14-9-13(10-28-11-14)21-20(27)19-18(12-30-21)33-34-24(19)25-31-17-7-8-29-22(23(17)32-25)15-5-3-4-6-16(15)26/h3-12H,1-2H3,(H,31,32)(H,33,34). The summed E-state index contributed by atoms with van der Waals surface area (Å²) in [7, 11) is 3.77. The van der Waals surface area contributed by atoms with Crippen molar-refractivity contribution in [3.63, 3.8) is 0 Å². The molecular formula is C25H18F2N8. The third-order valence-electron chi connectivity index (χ3n) is 5.81. The Kier molecular flexibility index (Phi) is 4.73. The molecule has 6 aromatic rings. The maximum Gasteiger partial charge on any atom is 0.161 e. The van der Waals surface area contributed by atoms with E-state index in [-0.39, 0.29) is 16.8 Å². The number of rotatable bonds is 4. The normalized spacial score (nSPS) is 11.4. The number of aromatic amines is 2. The fourth-order valence-electron chi connectivity index (χ4n) is 4.05. The van der Waals surface area contributed by atoms with Crippen molar-refractivity contribution in [1.29, 1.82) is 0 Å². The van der Waals surface area contributed by atoms with Crippen LogP contribution in [0.3, 0.4) is 0 Å². The van der Waals surface area contributed by atoms with Crippen molar-refractivity contribution in [1.82, 2.24) is 35.1 Å². The van der Waals surface area contributed by atoms with Crippen LogP contribution in [0.25, 0.3) is 56.0 Å². The number of hydrogen-bond acceptors (Lipinski definition) is 6. The summed E-state index contributed by atoms with van der Waals surface area (Å²) in [4.78, 5) is 22.5. The molecule has 0 bridgehead atoms. The van der Waals surface area contributed by atoms with Crippen LogP contribution in [0.4, 0.5) is 14.5 Å². The molecule has 6 rings (SSSR count). The third kappa shape index (κ3) is 3.38. The van der Waals surface area contributed by atoms with E-state index in [1.165, 1.54) is 12.3 Å². The van der Waals surface area contributed by atoms with Gasteiger partial charge in [0, 0.05) is 37.6 Å². The van der Waals surface area contributed by atoms with E-state index in [2.05, 4.69) is 35.1 Å². The van der Waals surface area contributed by atoms with E-state index in [0.717, 1.165) is 5.69 Å². The molecule has 0 fully saturated rings. The molecular weight excluding hydrogens is 450 g/mol. The van der Waals surface area contributed by atoms with Gasteiger partial charge in [-0.15, -0.1) is 0 Å². The number of pyridine rings is 3. The van der Waals surface area contributed by atoms with Crippen molar-refractivity contribution in [2.24, 2.45) is 0 Å². The number of aromatic nitrogens is 7. The number of halogens is 2. The SMILES string of the molecule is CN(C)c1cncc(-c2ncc3[nH]nc(-c4nc5c(-c6ccccc6F)nccc5[nH]4)c3c2F)c1. The third-order valence-corrected chi connectivity index (χ3v) is 5.81. The average molecular weight is 468 g/mol. The van der Waals surface area contributed by atoms with E-state index in [9.17, 15) is 4.39 Å². The lowest BCUT2D eigenvalue weighted by Crippen LogP contribution is -2.09. The maximum atomic E-state index is 15.9. The van der Waals surface area contributed by atoms with Crippen molar-refractivity contribution >= 4 is 27.6 Å². The zero-order chi connectivity index (χ0) is 24.1. The number of anilines is 1. The smallest absolute Gasteiger partial charge is 0.161 e. The molecule has 0 unspecified atom stereocenters. The second kappa shape index (κ2) is 7.94. The Morgan fingerprint density at radius 3 is 2.57 bits per heavy atom. The van der Waals surface area contributed by atoms with Crippen molar-refractivity contribution in [3.8, 4) is 34.0 Å². The minimum atomic E-state index is -0.545. The molecule has 2 N–H and O–H groups in total. The van der Waals surface area contributed by atoms with Crippen LogP contribution in [0.2, 0.25) is 0 Å². The fraction of sp³-hybridized carbons (Fsp3) is 0.0800. The molecule has 10 heteroatoms. The number of fused-ring (bicyclic) bond motifs is 2. The Morgan fingerprint density at radius 1 is 0.886 bits per heavy atom. The molecule has 0 aliphatic rings. The molecule has 0 aliphatic heterocycles. The van der Waals surface area contributed by atoms with Gasteiger partial charge in [-0.05, 0) is 24.3 Å². The zero-order valence-electron chi connectivity index (χ0n) is 18.7. The molecule has 0 spiro atoms. The number of imidazole rings is 1. The first-order chi connectivity index (χ1) is 17.0. The summed E-state index contributed by atoms with van der Waals surface area (Å²) < 4.78 is 30.3. The van der Waals surface area contributed by atoms with Gasteiger partial charge in [-0.2, -0.15) is 5.10 Å². The van der Waals surface area contributed by atoms with Gasteiger partial charge in [0.25, 0.3) is 0 Å². The highest BCUT2D eigenvalue weighted by Gasteiger charge is 2.22. The number of hydrogen-bond donors (Lipinski definition) is 2. The Hall–Kier alpha value is -4.73. The predicted molar refractivity (Wildman–Crippen MR) is 130 cm³/mol. The van der Waals surface area contributed by atoms with Gasteiger partial charge in [0.05, 0.1) is 34.5 Å². The molecule has 5 heterocycles. The van der Waals surface area contributed by atoms with Crippen molar-refractivity contribution < 1.29 is 8.78 Å². The molecule has 172 valence electrons. The molecule has 35 heavy (non-hydrogen) atoms.